The summed E-state index contributed by atoms with van der Waals surface area (Å²) in [5, 5.41) is 4.47. The molecule has 0 aliphatic heterocycles. The molecule has 0 atom stereocenters. The van der Waals surface area contributed by atoms with Crippen molar-refractivity contribution in [2.75, 3.05) is 6.54 Å². The van der Waals surface area contributed by atoms with Crippen molar-refractivity contribution in [3.05, 3.63) is 28.6 Å². The minimum absolute atomic E-state index is 0.601. The molecule has 1 rings (SSSR count). The second kappa shape index (κ2) is 4.42. The Morgan fingerprint density at radius 2 is 2.07 bits per heavy atom. The lowest BCUT2D eigenvalue weighted by Crippen LogP contribution is -2.05. The van der Waals surface area contributed by atoms with Crippen molar-refractivity contribution in [1.82, 2.24) is 9.78 Å². The maximum Gasteiger partial charge on any atom is 0.0625 e. The average molecular weight is 193 g/mol. The lowest BCUT2D eigenvalue weighted by molar-refractivity contribution is 0.649. The summed E-state index contributed by atoms with van der Waals surface area (Å²) in [7, 11) is 0. The van der Waals surface area contributed by atoms with Crippen LogP contribution >= 0.6 is 0 Å². The molecule has 0 aromatic carbocycles. The Balaban J connectivity index is 2.87. The van der Waals surface area contributed by atoms with Crippen LogP contribution in [0.5, 0.6) is 0 Å². The van der Waals surface area contributed by atoms with Crippen molar-refractivity contribution in [1.29, 1.82) is 0 Å². The Bertz CT molecular complexity index is 348. The molecule has 0 bridgehead atoms. The van der Waals surface area contributed by atoms with Crippen LogP contribution in [0.2, 0.25) is 0 Å². The van der Waals surface area contributed by atoms with E-state index in [-0.39, 0.29) is 0 Å². The molecule has 14 heavy (non-hydrogen) atoms. The molecule has 0 radical (unpaired) electrons. The lowest BCUT2D eigenvalue weighted by atomic mass is 10.2. The van der Waals surface area contributed by atoms with Crippen molar-refractivity contribution in [3.8, 4) is 0 Å². The van der Waals surface area contributed by atoms with E-state index >= 15 is 0 Å². The highest BCUT2D eigenvalue weighted by molar-refractivity contribution is 5.22. The predicted octanol–water partition coefficient (Wildman–Crippen LogP) is 1.71. The molecule has 3 heteroatoms. The minimum Gasteiger partial charge on any atom is -0.327 e. The van der Waals surface area contributed by atoms with Gasteiger partial charge in [-0.25, -0.2) is 0 Å². The summed E-state index contributed by atoms with van der Waals surface area (Å²) >= 11 is 0. The van der Waals surface area contributed by atoms with Crippen LogP contribution in [-0.2, 0) is 6.54 Å². The number of nitrogens with zero attached hydrogens (tertiary/aromatic N) is 2. The topological polar surface area (TPSA) is 43.8 Å². The van der Waals surface area contributed by atoms with Crippen LogP contribution in [0.4, 0.5) is 0 Å². The molecule has 0 amide bonds. The van der Waals surface area contributed by atoms with E-state index in [1.807, 2.05) is 17.7 Å². The Morgan fingerprint density at radius 3 is 2.50 bits per heavy atom. The van der Waals surface area contributed by atoms with Gasteiger partial charge in [0, 0.05) is 12.2 Å². The third-order valence-electron chi connectivity index (χ3n) is 2.61. The second-order valence-corrected chi connectivity index (χ2v) is 3.74. The van der Waals surface area contributed by atoms with Crippen LogP contribution < -0.4 is 5.73 Å². The average Bonchev–Trinajstić information content (AvgIpc) is 2.34. The highest BCUT2D eigenvalue weighted by Gasteiger charge is 2.06. The third kappa shape index (κ3) is 2.23. The van der Waals surface area contributed by atoms with E-state index in [0.29, 0.717) is 6.54 Å². The SMILES string of the molecule is CC(=CCN)Cn1nc(C)c(C)c1C. The van der Waals surface area contributed by atoms with Crippen molar-refractivity contribution < 1.29 is 0 Å². The lowest BCUT2D eigenvalue weighted by Gasteiger charge is -2.04. The Morgan fingerprint density at radius 1 is 1.43 bits per heavy atom. The molecular formula is C11H19N3. The van der Waals surface area contributed by atoms with Gasteiger partial charge in [-0.2, -0.15) is 5.10 Å². The van der Waals surface area contributed by atoms with Crippen LogP contribution in [0.15, 0.2) is 11.6 Å². The third-order valence-corrected chi connectivity index (χ3v) is 2.61. The maximum absolute atomic E-state index is 5.45. The summed E-state index contributed by atoms with van der Waals surface area (Å²) in [5.41, 5.74) is 10.4. The van der Waals surface area contributed by atoms with Gasteiger partial charge in [-0.15, -0.1) is 0 Å². The summed E-state index contributed by atoms with van der Waals surface area (Å²) in [4.78, 5) is 0. The molecule has 0 aliphatic rings. The van der Waals surface area contributed by atoms with Crippen molar-refractivity contribution in [2.24, 2.45) is 5.73 Å². The normalized spacial score (nSPS) is 12.2. The summed E-state index contributed by atoms with van der Waals surface area (Å²) in [6.45, 7) is 9.78. The van der Waals surface area contributed by atoms with Gasteiger partial charge in [0.2, 0.25) is 0 Å². The zero-order chi connectivity index (χ0) is 10.7. The fourth-order valence-electron chi connectivity index (χ4n) is 1.44. The first-order valence-electron chi connectivity index (χ1n) is 4.92. The number of hydrogen-bond donors (Lipinski definition) is 1. The molecule has 2 N–H and O–H groups in total. The Kier molecular flexibility index (Phi) is 3.47. The van der Waals surface area contributed by atoms with Gasteiger partial charge in [0.05, 0.1) is 12.2 Å². The largest absolute Gasteiger partial charge is 0.327 e. The number of rotatable bonds is 3. The van der Waals surface area contributed by atoms with Gasteiger partial charge in [0.15, 0.2) is 0 Å². The number of nitrogens with two attached hydrogens (primary N) is 1. The Hall–Kier alpha value is -1.09. The number of aromatic nitrogens is 2. The molecule has 0 saturated heterocycles. The first-order valence-corrected chi connectivity index (χ1v) is 4.92. The van der Waals surface area contributed by atoms with Crippen LogP contribution in [0, 0.1) is 20.8 Å². The quantitative estimate of drug-likeness (QED) is 0.743. The first kappa shape index (κ1) is 11.0. The van der Waals surface area contributed by atoms with Gasteiger partial charge in [0.25, 0.3) is 0 Å². The van der Waals surface area contributed by atoms with E-state index in [9.17, 15) is 0 Å². The molecule has 0 aliphatic carbocycles. The molecule has 3 nitrogen and oxygen atoms in total. The zero-order valence-corrected chi connectivity index (χ0v) is 9.46. The van der Waals surface area contributed by atoms with E-state index in [1.54, 1.807) is 0 Å². The van der Waals surface area contributed by atoms with Gasteiger partial charge in [-0.1, -0.05) is 11.6 Å². The summed E-state index contributed by atoms with van der Waals surface area (Å²) < 4.78 is 2.03. The molecule has 1 aromatic rings. The first-order chi connectivity index (χ1) is 6.56. The van der Waals surface area contributed by atoms with E-state index in [1.165, 1.54) is 16.8 Å². The zero-order valence-electron chi connectivity index (χ0n) is 9.46. The molecule has 78 valence electrons. The van der Waals surface area contributed by atoms with Gasteiger partial charge in [-0.05, 0) is 33.3 Å². The monoisotopic (exact) mass is 193 g/mol. The number of allylic oxidation sites excluding steroid dienone is 1. The smallest absolute Gasteiger partial charge is 0.0625 e. The van der Waals surface area contributed by atoms with E-state index in [4.69, 9.17) is 5.73 Å². The highest BCUT2D eigenvalue weighted by atomic mass is 15.3. The molecule has 1 aromatic heterocycles. The molecule has 1 heterocycles. The standard InChI is InChI=1S/C11H19N3/c1-8(5-6-12)7-14-11(4)9(2)10(3)13-14/h5H,6-7,12H2,1-4H3. The number of aryl methyl sites for hydroxylation is 1. The summed E-state index contributed by atoms with van der Waals surface area (Å²) in [5.74, 6) is 0. The molecule has 0 fully saturated rings. The van der Waals surface area contributed by atoms with Crippen molar-refractivity contribution in [2.45, 2.75) is 34.2 Å². The van der Waals surface area contributed by atoms with Gasteiger partial charge >= 0.3 is 0 Å². The van der Waals surface area contributed by atoms with Gasteiger partial charge in [-0.3, -0.25) is 4.68 Å². The van der Waals surface area contributed by atoms with E-state index in [0.717, 1.165) is 12.2 Å². The fraction of sp³-hybridized carbons (Fsp3) is 0.545. The van der Waals surface area contributed by atoms with Crippen LogP contribution in [0.1, 0.15) is 23.9 Å². The van der Waals surface area contributed by atoms with Crippen LogP contribution in [0.25, 0.3) is 0 Å². The Labute approximate surface area is 85.6 Å². The molecule has 0 unspecified atom stereocenters. The van der Waals surface area contributed by atoms with E-state index < -0.39 is 0 Å². The van der Waals surface area contributed by atoms with Crippen molar-refractivity contribution >= 4 is 0 Å². The second-order valence-electron chi connectivity index (χ2n) is 3.74. The van der Waals surface area contributed by atoms with Gasteiger partial charge < -0.3 is 5.73 Å². The minimum atomic E-state index is 0.601. The van der Waals surface area contributed by atoms with E-state index in [2.05, 4.69) is 25.9 Å². The van der Waals surface area contributed by atoms with Crippen molar-refractivity contribution in [3.63, 3.8) is 0 Å². The highest BCUT2D eigenvalue weighted by Crippen LogP contribution is 2.12. The molecule has 0 saturated carbocycles. The van der Waals surface area contributed by atoms with Gasteiger partial charge in [0.1, 0.15) is 0 Å². The summed E-state index contributed by atoms with van der Waals surface area (Å²) in [6, 6.07) is 0. The predicted molar refractivity (Wildman–Crippen MR) is 59.2 cm³/mol. The van der Waals surface area contributed by atoms with Crippen LogP contribution in [-0.4, -0.2) is 16.3 Å². The molecule has 0 spiro atoms. The number of hydrogen-bond acceptors (Lipinski definition) is 2. The molecular weight excluding hydrogens is 174 g/mol. The summed E-state index contributed by atoms with van der Waals surface area (Å²) in [6.07, 6.45) is 2.03. The fourth-order valence-corrected chi connectivity index (χ4v) is 1.44. The maximum atomic E-state index is 5.45. The van der Waals surface area contributed by atoms with Crippen LogP contribution in [0.3, 0.4) is 0 Å².